The van der Waals surface area contributed by atoms with Crippen LogP contribution in [0.5, 0.6) is 5.75 Å². The van der Waals surface area contributed by atoms with Crippen LogP contribution in [0.1, 0.15) is 180 Å². The zero-order chi connectivity index (χ0) is 101. The Labute approximate surface area is 805 Å². The maximum Gasteiger partial charge on any atom is 0.303 e. The summed E-state index contributed by atoms with van der Waals surface area (Å²) >= 11 is 0.925. The van der Waals surface area contributed by atoms with Gasteiger partial charge in [0, 0.05) is 169 Å². The lowest BCUT2D eigenvalue weighted by molar-refractivity contribution is -0.149. The number of nitrogens with two attached hydrogens (primary N) is 2. The number of unbranched alkanes of at least 4 members (excludes halogenated alkanes) is 2. The Morgan fingerprint density at radius 1 is 0.594 bits per heavy atom. The second kappa shape index (κ2) is 52.7. The Bertz CT molecular complexity index is 5280. The Morgan fingerprint density at radius 3 is 1.76 bits per heavy atom. The molecule has 3 saturated heterocycles. The SMILES string of the molecule is CCCC[C@H]1C(=O)N(C)[C@@H](CCCC)C(=O)N[C@@H](CC(C)C)C(=O)C[C@H](C(=O)CCC(C)=O)CSCC(=O)N[C@@H](Cc2ccc(O)cc2)C(=O)N(CCOC)[C@@H](C)C(=O)C[C@@H](CC(N)=O)C(=O)N2CCC[C@H]2C(=O)N[C@@H](Cc2cnc[nH]2)C(=O)N[C@@H](CCC(=O)O)C(=O)N2C[C@H](O)C[C@H]2C(=O)N[C@@H](Cc2c[nH]c3ccccc23)C(=O)N[C@@H](CCN)C(=O)N[C@@H](Cc2c[nH]c3ccccc23)C(=O)N1C. The number of H-pyrrole nitrogens is 3. The van der Waals surface area contributed by atoms with E-state index in [1.54, 1.807) is 60.9 Å². The number of carbonyl (C=O) groups excluding carboxylic acids is 17. The Kier molecular flexibility index (Phi) is 41.6. The van der Waals surface area contributed by atoms with Crippen LogP contribution >= 0.6 is 11.8 Å². The molecule has 750 valence electrons. The van der Waals surface area contributed by atoms with Crippen molar-refractivity contribution in [2.45, 2.75) is 261 Å². The van der Waals surface area contributed by atoms with E-state index in [0.717, 1.165) is 26.5 Å². The van der Waals surface area contributed by atoms with E-state index in [2.05, 4.69) is 57.2 Å². The minimum Gasteiger partial charge on any atom is -0.508 e. The fourth-order valence-corrected chi connectivity index (χ4v) is 18.9. The minimum atomic E-state index is -1.83. The van der Waals surface area contributed by atoms with Crippen LogP contribution < -0.4 is 48.7 Å². The Morgan fingerprint density at radius 2 is 1.17 bits per heavy atom. The van der Waals surface area contributed by atoms with Crippen LogP contribution in [0.4, 0.5) is 0 Å². The van der Waals surface area contributed by atoms with Crippen molar-refractivity contribution in [1.82, 2.24) is 81.7 Å². The van der Waals surface area contributed by atoms with Gasteiger partial charge in [-0.1, -0.05) is 102 Å². The first-order chi connectivity index (χ1) is 65.8. The number of nitrogens with zero attached hydrogens (tertiary/aromatic N) is 6. The van der Waals surface area contributed by atoms with Crippen molar-refractivity contribution in [2.75, 3.05) is 65.5 Å². The lowest BCUT2D eigenvalue weighted by atomic mass is 9.90. The Balaban J connectivity index is 1.12. The third-order valence-corrected chi connectivity index (χ3v) is 26.7. The molecule has 3 aliphatic heterocycles. The maximum atomic E-state index is 15.9. The van der Waals surface area contributed by atoms with Crippen LogP contribution in [0.2, 0.25) is 0 Å². The molecule has 0 aliphatic carbocycles. The number of carboxylic acid groups (broad SMARTS) is 1. The van der Waals surface area contributed by atoms with Crippen molar-refractivity contribution in [3.63, 3.8) is 0 Å². The molecule has 0 spiro atoms. The number of ether oxygens (including phenoxy) is 1. The number of likely N-dealkylation sites (N-methyl/N-ethyl adjacent to an activating group) is 2. The number of aliphatic hydroxyl groups excluding tert-OH is 1. The third-order valence-electron chi connectivity index (χ3n) is 25.6. The quantitative estimate of drug-likeness (QED) is 0.0308. The molecule has 3 aromatic heterocycles. The number of imidazole rings is 1. The number of benzene rings is 3. The molecule has 3 aromatic carbocycles. The second-order valence-electron chi connectivity index (χ2n) is 36.5. The number of ketones is 4. The lowest BCUT2D eigenvalue weighted by Crippen LogP contribution is -2.61. The van der Waals surface area contributed by atoms with Crippen LogP contribution in [-0.2, 0) is 117 Å². The highest BCUT2D eigenvalue weighted by molar-refractivity contribution is 7.99. The second-order valence-corrected chi connectivity index (χ2v) is 37.5. The summed E-state index contributed by atoms with van der Waals surface area (Å²) in [6, 6.07) is 1.77. The van der Waals surface area contributed by atoms with Gasteiger partial charge in [0.05, 0.1) is 42.8 Å². The molecule has 3 fully saturated rings. The number of aromatic amines is 3. The molecule has 6 heterocycles. The van der Waals surface area contributed by atoms with E-state index in [-0.39, 0.29) is 132 Å². The van der Waals surface area contributed by atoms with Gasteiger partial charge >= 0.3 is 5.97 Å². The summed E-state index contributed by atoms with van der Waals surface area (Å²) in [5.74, 6) is -19.2. The van der Waals surface area contributed by atoms with Crippen molar-refractivity contribution in [3.8, 4) is 5.75 Å². The van der Waals surface area contributed by atoms with E-state index in [9.17, 15) is 48.9 Å². The first-order valence-electron chi connectivity index (χ1n) is 47.3. The number of methoxy groups -OCH3 is 1. The molecule has 9 rings (SSSR count). The average Bonchev–Trinajstić information content (AvgIpc) is 1.64. The van der Waals surface area contributed by atoms with E-state index in [1.807, 2.05) is 27.7 Å². The summed E-state index contributed by atoms with van der Waals surface area (Å²) in [5.41, 5.74) is 15.1. The van der Waals surface area contributed by atoms with Gasteiger partial charge in [0.15, 0.2) is 11.6 Å². The molecule has 13 amide bonds. The largest absolute Gasteiger partial charge is 0.508 e. The molecule has 0 radical (unpaired) electrons. The highest BCUT2D eigenvalue weighted by Crippen LogP contribution is 2.31. The molecule has 15 atom stereocenters. The van der Waals surface area contributed by atoms with Crippen molar-refractivity contribution in [2.24, 2.45) is 29.2 Å². The van der Waals surface area contributed by atoms with Gasteiger partial charge in [-0.2, -0.15) is 11.8 Å². The van der Waals surface area contributed by atoms with Crippen LogP contribution in [0.15, 0.2) is 97.7 Å². The number of hydrogen-bond acceptors (Lipinski definition) is 24. The standard InChI is InChI=1S/C97H134N18O22S/c1-10-12-23-77-90(129)107-72(39-55(3)4)83(121)44-62(81(119)32-26-56(5)116)52-138-53-85(123)104-75(40-58-27-29-64(117)30-28-58)96(135)113(37-38-137-9)57(6)82(120)43-59(45-84(99)122)93(132)114-36-18-25-78(114)91(130)109-74(46-63-50-100-54-103-63)89(128)106-71(31-33-86(124)125)95(134)115-51-65(118)47-80(115)92(131)108-73(41-60-48-101-68-21-16-14-19-66(60)68)88(127)105-70(34-35-98)87(126)110-76(42-61-49-102-69-22-17-15-20-67(61)69)94(133)112(8)79(24-13-11-2)97(136)111(77)7/h14-17,19-22,27-30,48-50,54-55,57,59,62,65,70-80,101-102,117-118H,10-13,18,23-26,31-47,51-53,98H2,1-9H3,(H2,99,122)(H,100,103)(H,104,123)(H,105,127)(H,106,128)(H,107,129)(H,108,131)(H,109,130)(H,110,126)(H,124,125)/t57-,59-,62-,65+,70-,71-,72-,73-,74-,75-,76-,77-,78-,79-,80-/m0/s1. The zero-order valence-electron chi connectivity index (χ0n) is 79.8. The smallest absolute Gasteiger partial charge is 0.303 e. The van der Waals surface area contributed by atoms with Crippen LogP contribution in [0.3, 0.4) is 0 Å². The molecular formula is C97H134N18O22S. The number of carboxylic acids is 1. The van der Waals surface area contributed by atoms with Gasteiger partial charge in [-0.25, -0.2) is 4.98 Å². The number of primary amides is 1. The number of aromatic nitrogens is 4. The summed E-state index contributed by atoms with van der Waals surface area (Å²) in [7, 11) is 4.14. The number of Topliss-reactive ketones (excluding diaryl/α,β-unsaturated/α-hetero) is 4. The maximum absolute atomic E-state index is 15.9. The predicted molar refractivity (Wildman–Crippen MR) is 510 cm³/mol. The van der Waals surface area contributed by atoms with E-state index in [4.69, 9.17) is 16.2 Å². The van der Waals surface area contributed by atoms with Crippen molar-refractivity contribution >= 4 is 139 Å². The number of phenolic OH excluding ortho intramolecular Hbond substituents is 1. The zero-order valence-corrected chi connectivity index (χ0v) is 80.6. The predicted octanol–water partition coefficient (Wildman–Crippen LogP) is 2.56. The van der Waals surface area contributed by atoms with Crippen LogP contribution in [-0.4, -0.2) is 310 Å². The number of aliphatic carboxylic acids is 1. The molecule has 0 saturated carbocycles. The molecule has 0 unspecified atom stereocenters. The fourth-order valence-electron chi connectivity index (χ4n) is 17.9. The van der Waals surface area contributed by atoms with E-state index >= 15 is 52.7 Å². The molecule has 40 nitrogen and oxygen atoms in total. The number of nitrogens with one attached hydrogen (secondary N) is 10. The van der Waals surface area contributed by atoms with Gasteiger partial charge in [0.1, 0.15) is 77.7 Å². The number of para-hydroxylation sites is 2. The average molecular weight is 1940 g/mol. The van der Waals surface area contributed by atoms with Gasteiger partial charge < -0.3 is 113 Å². The normalized spacial score (nSPS) is 24.7. The van der Waals surface area contributed by atoms with E-state index in [0.29, 0.717) is 64.2 Å². The summed E-state index contributed by atoms with van der Waals surface area (Å²) in [5, 5.41) is 52.6. The number of hydrogen-bond donors (Lipinski definition) is 15. The first-order valence-corrected chi connectivity index (χ1v) is 48.4. The number of phenols is 1. The molecule has 41 heteroatoms. The van der Waals surface area contributed by atoms with Crippen molar-refractivity contribution < 1.29 is 106 Å². The van der Waals surface area contributed by atoms with Crippen LogP contribution in [0.25, 0.3) is 21.8 Å². The van der Waals surface area contributed by atoms with Gasteiger partial charge in [-0.3, -0.25) is 81.5 Å². The number of thioether (sulfide) groups is 1. The topological polar surface area (TPSA) is 590 Å². The molecule has 3 aliphatic rings. The summed E-state index contributed by atoms with van der Waals surface area (Å²) in [6.07, 6.45) is 0.776. The van der Waals surface area contributed by atoms with Crippen molar-refractivity contribution in [1.29, 1.82) is 0 Å². The third kappa shape index (κ3) is 30.6. The highest BCUT2D eigenvalue weighted by atomic mass is 32.2. The first kappa shape index (κ1) is 109. The Hall–Kier alpha value is -12.8. The lowest BCUT2D eigenvalue weighted by Gasteiger charge is -2.36. The van der Waals surface area contributed by atoms with E-state index < -0.39 is 241 Å². The van der Waals surface area contributed by atoms with Gasteiger partial charge in [-0.15, -0.1) is 0 Å². The summed E-state index contributed by atoms with van der Waals surface area (Å²) < 4.78 is 5.42. The molecule has 17 N–H and O–H groups in total. The van der Waals surface area contributed by atoms with Gasteiger partial charge in [0.25, 0.3) is 0 Å². The number of aliphatic hydroxyl groups is 1. The van der Waals surface area contributed by atoms with Crippen LogP contribution in [0, 0.1) is 17.8 Å². The summed E-state index contributed by atoms with van der Waals surface area (Å²) in [6.45, 7) is 8.62. The molecule has 6 aromatic rings. The fraction of sp³-hybridized carbons (Fsp3) is 0.557. The minimum absolute atomic E-state index is 0.0424. The number of aromatic hydroxyl groups is 1. The number of carbonyl (C=O) groups is 18. The van der Waals surface area contributed by atoms with Gasteiger partial charge in [-0.05, 0) is 112 Å². The molecule has 138 heavy (non-hydrogen) atoms. The number of fused-ring (bicyclic) bond motifs is 4. The monoisotopic (exact) mass is 1930 g/mol. The van der Waals surface area contributed by atoms with E-state index in [1.165, 1.54) is 81.6 Å². The van der Waals surface area contributed by atoms with Crippen molar-refractivity contribution in [3.05, 3.63) is 120 Å². The number of rotatable bonds is 30. The highest BCUT2D eigenvalue weighted by Gasteiger charge is 2.47. The molecule has 0 bridgehead atoms. The summed E-state index contributed by atoms with van der Waals surface area (Å²) in [4.78, 5) is 285. The number of amides is 13. The van der Waals surface area contributed by atoms with Gasteiger partial charge in [0.2, 0.25) is 76.8 Å². The molecular weight excluding hydrogens is 1800 g/mol.